The molecular weight excluding hydrogens is 343 g/mol. The van der Waals surface area contributed by atoms with Crippen molar-refractivity contribution in [2.75, 3.05) is 54.4 Å². The summed E-state index contributed by atoms with van der Waals surface area (Å²) in [5.41, 5.74) is 2.90. The molecule has 6 heteroatoms. The first-order chi connectivity index (χ1) is 13.2. The van der Waals surface area contributed by atoms with Crippen molar-refractivity contribution >= 4 is 23.1 Å². The Bertz CT molecular complexity index is 781. The lowest BCUT2D eigenvalue weighted by molar-refractivity contribution is 0.208. The molecule has 0 saturated carbocycles. The Hall–Kier alpha value is -2.76. The molecule has 2 amide bonds. The van der Waals surface area contributed by atoms with Crippen molar-refractivity contribution in [3.8, 4) is 0 Å². The number of anilines is 3. The SMILES string of the molecule is O=C(Nc1ccc(N2CCCC2)cc1)N1CCN(c2cccc(F)c2)CC1. The van der Waals surface area contributed by atoms with Gasteiger partial charge >= 0.3 is 6.03 Å². The molecule has 0 atom stereocenters. The average Bonchev–Trinajstić information content (AvgIpc) is 3.23. The number of benzene rings is 2. The van der Waals surface area contributed by atoms with Crippen molar-refractivity contribution in [3.63, 3.8) is 0 Å². The molecule has 0 spiro atoms. The molecule has 2 aromatic rings. The minimum atomic E-state index is -0.231. The van der Waals surface area contributed by atoms with Crippen LogP contribution in [0.25, 0.3) is 0 Å². The number of nitrogens with one attached hydrogen (secondary N) is 1. The van der Waals surface area contributed by atoms with Crippen LogP contribution >= 0.6 is 0 Å². The molecule has 4 rings (SSSR count). The monoisotopic (exact) mass is 368 g/mol. The fourth-order valence-corrected chi connectivity index (χ4v) is 3.77. The minimum Gasteiger partial charge on any atom is -0.372 e. The molecule has 2 heterocycles. The zero-order chi connectivity index (χ0) is 18.6. The number of carbonyl (C=O) groups excluding carboxylic acids is 1. The summed E-state index contributed by atoms with van der Waals surface area (Å²) in [4.78, 5) is 18.8. The summed E-state index contributed by atoms with van der Waals surface area (Å²) in [5.74, 6) is -0.231. The molecule has 2 aromatic carbocycles. The van der Waals surface area contributed by atoms with Gasteiger partial charge in [-0.25, -0.2) is 9.18 Å². The van der Waals surface area contributed by atoms with Gasteiger partial charge in [0.1, 0.15) is 5.82 Å². The van der Waals surface area contributed by atoms with Crippen molar-refractivity contribution in [3.05, 3.63) is 54.3 Å². The van der Waals surface area contributed by atoms with Gasteiger partial charge < -0.3 is 20.0 Å². The summed E-state index contributed by atoms with van der Waals surface area (Å²) in [6, 6.07) is 14.6. The van der Waals surface area contributed by atoms with Crippen molar-refractivity contribution in [2.24, 2.45) is 0 Å². The molecule has 0 bridgehead atoms. The quantitative estimate of drug-likeness (QED) is 0.896. The molecule has 1 N–H and O–H groups in total. The molecule has 2 aliphatic rings. The third-order valence-corrected chi connectivity index (χ3v) is 5.33. The summed E-state index contributed by atoms with van der Waals surface area (Å²) >= 11 is 0. The summed E-state index contributed by atoms with van der Waals surface area (Å²) < 4.78 is 13.4. The summed E-state index contributed by atoms with van der Waals surface area (Å²) in [5, 5.41) is 2.98. The molecule has 2 saturated heterocycles. The van der Waals surface area contributed by atoms with E-state index in [0.717, 1.165) is 24.5 Å². The van der Waals surface area contributed by atoms with Crippen LogP contribution in [0.4, 0.5) is 26.2 Å². The Morgan fingerprint density at radius 1 is 0.815 bits per heavy atom. The Morgan fingerprint density at radius 2 is 1.48 bits per heavy atom. The highest BCUT2D eigenvalue weighted by Crippen LogP contribution is 2.22. The first-order valence-electron chi connectivity index (χ1n) is 9.60. The molecule has 0 unspecified atom stereocenters. The van der Waals surface area contributed by atoms with Crippen molar-refractivity contribution < 1.29 is 9.18 Å². The number of carbonyl (C=O) groups is 1. The van der Waals surface area contributed by atoms with Gasteiger partial charge in [-0.1, -0.05) is 6.07 Å². The van der Waals surface area contributed by atoms with E-state index in [-0.39, 0.29) is 11.8 Å². The van der Waals surface area contributed by atoms with Crippen LogP contribution in [0.3, 0.4) is 0 Å². The standard InChI is InChI=1S/C21H25FN4O/c22-17-4-3-5-20(16-17)25-12-14-26(15-13-25)21(27)23-18-6-8-19(9-7-18)24-10-1-2-11-24/h3-9,16H,1-2,10-15H2,(H,23,27). The van der Waals surface area contributed by atoms with E-state index in [9.17, 15) is 9.18 Å². The Kier molecular flexibility index (Phi) is 5.14. The van der Waals surface area contributed by atoms with Gasteiger partial charge in [0.25, 0.3) is 0 Å². The molecule has 5 nitrogen and oxygen atoms in total. The minimum absolute atomic E-state index is 0.0807. The van der Waals surface area contributed by atoms with Crippen LogP contribution in [0.5, 0.6) is 0 Å². The number of urea groups is 1. The second-order valence-electron chi connectivity index (χ2n) is 7.13. The zero-order valence-electron chi connectivity index (χ0n) is 15.4. The van der Waals surface area contributed by atoms with Crippen LogP contribution in [0.15, 0.2) is 48.5 Å². The Morgan fingerprint density at radius 3 is 2.15 bits per heavy atom. The number of hydrogen-bond donors (Lipinski definition) is 1. The topological polar surface area (TPSA) is 38.8 Å². The summed E-state index contributed by atoms with van der Waals surface area (Å²) in [7, 11) is 0. The maximum Gasteiger partial charge on any atom is 0.321 e. The number of hydrogen-bond acceptors (Lipinski definition) is 3. The third kappa shape index (κ3) is 4.15. The maximum atomic E-state index is 13.4. The van der Waals surface area contributed by atoms with Gasteiger partial charge in [-0.3, -0.25) is 0 Å². The molecular formula is C21H25FN4O. The van der Waals surface area contributed by atoms with E-state index in [1.807, 2.05) is 23.1 Å². The fourth-order valence-electron chi connectivity index (χ4n) is 3.77. The Balaban J connectivity index is 1.30. The average molecular weight is 368 g/mol. The van der Waals surface area contributed by atoms with E-state index in [1.165, 1.54) is 30.7 Å². The zero-order valence-corrected chi connectivity index (χ0v) is 15.4. The van der Waals surface area contributed by atoms with Crippen LogP contribution in [0.1, 0.15) is 12.8 Å². The van der Waals surface area contributed by atoms with Crippen molar-refractivity contribution in [1.29, 1.82) is 0 Å². The fraction of sp³-hybridized carbons (Fsp3) is 0.381. The van der Waals surface area contributed by atoms with Gasteiger partial charge in [0.15, 0.2) is 0 Å². The highest BCUT2D eigenvalue weighted by Gasteiger charge is 2.21. The van der Waals surface area contributed by atoms with Gasteiger partial charge in [0, 0.05) is 56.3 Å². The van der Waals surface area contributed by atoms with Gasteiger partial charge in [0.05, 0.1) is 0 Å². The van der Waals surface area contributed by atoms with Crippen molar-refractivity contribution in [1.82, 2.24) is 4.90 Å². The van der Waals surface area contributed by atoms with E-state index in [1.54, 1.807) is 6.07 Å². The van der Waals surface area contributed by atoms with Crippen LogP contribution in [-0.4, -0.2) is 50.2 Å². The van der Waals surface area contributed by atoms with Crippen LogP contribution < -0.4 is 15.1 Å². The van der Waals surface area contributed by atoms with Crippen LogP contribution in [0, 0.1) is 5.82 Å². The normalized spacial score (nSPS) is 17.3. The van der Waals surface area contributed by atoms with Gasteiger partial charge in [-0.15, -0.1) is 0 Å². The highest BCUT2D eigenvalue weighted by atomic mass is 19.1. The van der Waals surface area contributed by atoms with Crippen molar-refractivity contribution in [2.45, 2.75) is 12.8 Å². The van der Waals surface area contributed by atoms with E-state index >= 15 is 0 Å². The summed E-state index contributed by atoms with van der Waals surface area (Å²) in [6.07, 6.45) is 2.50. The first-order valence-corrected chi connectivity index (χ1v) is 9.60. The highest BCUT2D eigenvalue weighted by molar-refractivity contribution is 5.89. The number of nitrogens with zero attached hydrogens (tertiary/aromatic N) is 3. The number of amides is 2. The van der Waals surface area contributed by atoms with E-state index < -0.39 is 0 Å². The lowest BCUT2D eigenvalue weighted by Crippen LogP contribution is -2.50. The summed E-state index contributed by atoms with van der Waals surface area (Å²) in [6.45, 7) is 4.86. The lowest BCUT2D eigenvalue weighted by atomic mass is 10.2. The largest absolute Gasteiger partial charge is 0.372 e. The molecule has 0 radical (unpaired) electrons. The molecule has 2 fully saturated rings. The predicted molar refractivity (Wildman–Crippen MR) is 107 cm³/mol. The van der Waals surface area contributed by atoms with Gasteiger partial charge in [-0.05, 0) is 55.3 Å². The third-order valence-electron chi connectivity index (χ3n) is 5.33. The van der Waals surface area contributed by atoms with E-state index in [4.69, 9.17) is 0 Å². The van der Waals surface area contributed by atoms with Gasteiger partial charge in [-0.2, -0.15) is 0 Å². The number of halogens is 1. The second kappa shape index (κ2) is 7.86. The van der Waals surface area contributed by atoms with Gasteiger partial charge in [0.2, 0.25) is 0 Å². The number of piperazine rings is 1. The molecule has 27 heavy (non-hydrogen) atoms. The lowest BCUT2D eigenvalue weighted by Gasteiger charge is -2.36. The smallest absolute Gasteiger partial charge is 0.321 e. The maximum absolute atomic E-state index is 13.4. The molecule has 2 aliphatic heterocycles. The van der Waals surface area contributed by atoms with E-state index in [2.05, 4.69) is 27.2 Å². The predicted octanol–water partition coefficient (Wildman–Crippen LogP) is 3.78. The Labute approximate surface area is 159 Å². The van der Waals surface area contributed by atoms with Crippen LogP contribution in [0.2, 0.25) is 0 Å². The number of rotatable bonds is 3. The van der Waals surface area contributed by atoms with Crippen LogP contribution in [-0.2, 0) is 0 Å². The van der Waals surface area contributed by atoms with E-state index in [0.29, 0.717) is 26.2 Å². The molecule has 0 aliphatic carbocycles. The second-order valence-corrected chi connectivity index (χ2v) is 7.13. The first kappa shape index (κ1) is 17.6. The molecule has 142 valence electrons. The molecule has 0 aromatic heterocycles.